The van der Waals surface area contributed by atoms with Crippen LogP contribution in [0.4, 0.5) is 19.0 Å². The number of alkyl halides is 2. The van der Waals surface area contributed by atoms with Gasteiger partial charge in [0.25, 0.3) is 5.92 Å². The molecule has 1 aliphatic heterocycles. The molecule has 0 bridgehead atoms. The molecule has 1 aromatic heterocycles. The highest BCUT2D eigenvalue weighted by atomic mass is 19.3. The number of esters is 1. The molecule has 2 fully saturated rings. The molecular formula is C17H14F3N3O2. The zero-order chi connectivity index (χ0) is 17.8. The Morgan fingerprint density at radius 2 is 1.92 bits per heavy atom. The molecule has 5 nitrogen and oxygen atoms in total. The fourth-order valence-corrected chi connectivity index (χ4v) is 3.22. The number of aromatic nitrogens is 2. The van der Waals surface area contributed by atoms with Crippen LogP contribution in [0.3, 0.4) is 0 Å². The van der Waals surface area contributed by atoms with Crippen LogP contribution >= 0.6 is 0 Å². The number of hydrogen-bond acceptors (Lipinski definition) is 5. The van der Waals surface area contributed by atoms with Crippen molar-refractivity contribution >= 4 is 11.8 Å². The molecule has 1 saturated carbocycles. The second kappa shape index (κ2) is 5.18. The Morgan fingerprint density at radius 1 is 1.24 bits per heavy atom. The molecule has 4 rings (SSSR count). The average Bonchev–Trinajstić information content (AvgIpc) is 3.43. The van der Waals surface area contributed by atoms with Crippen LogP contribution in [-0.4, -0.2) is 41.1 Å². The Balaban J connectivity index is 1.81. The van der Waals surface area contributed by atoms with Crippen LogP contribution in [-0.2, 0) is 4.74 Å². The van der Waals surface area contributed by atoms with Crippen molar-refractivity contribution in [3.8, 4) is 11.3 Å². The summed E-state index contributed by atoms with van der Waals surface area (Å²) in [6.07, 6.45) is 1.97. The van der Waals surface area contributed by atoms with E-state index in [2.05, 4.69) is 14.7 Å². The number of ether oxygens (including phenoxy) is 1. The van der Waals surface area contributed by atoms with Gasteiger partial charge in [0.2, 0.25) is 0 Å². The molecule has 25 heavy (non-hydrogen) atoms. The molecule has 2 aliphatic rings. The largest absolute Gasteiger partial charge is 0.464 e. The summed E-state index contributed by atoms with van der Waals surface area (Å²) >= 11 is 0. The number of hydrogen-bond donors (Lipinski definition) is 0. The van der Waals surface area contributed by atoms with Crippen molar-refractivity contribution in [2.24, 2.45) is 0 Å². The highest BCUT2D eigenvalue weighted by Gasteiger charge is 2.74. The second-order valence-electron chi connectivity index (χ2n) is 6.25. The summed E-state index contributed by atoms with van der Waals surface area (Å²) in [6, 6.07) is 5.43. The van der Waals surface area contributed by atoms with Crippen molar-refractivity contribution < 1.29 is 22.7 Å². The van der Waals surface area contributed by atoms with E-state index in [0.29, 0.717) is 18.4 Å². The number of nitrogens with zero attached hydrogens (tertiary/aromatic N) is 3. The molecule has 8 heteroatoms. The predicted octanol–water partition coefficient (Wildman–Crippen LogP) is 3.06. The smallest absolute Gasteiger partial charge is 0.358 e. The Labute approximate surface area is 141 Å². The van der Waals surface area contributed by atoms with E-state index in [4.69, 9.17) is 0 Å². The number of halogens is 3. The van der Waals surface area contributed by atoms with E-state index < -0.39 is 29.8 Å². The van der Waals surface area contributed by atoms with Crippen LogP contribution < -0.4 is 4.90 Å². The number of carbonyl (C=O) groups excluding carboxylic acids is 1. The zero-order valence-electron chi connectivity index (χ0n) is 13.3. The molecule has 0 radical (unpaired) electrons. The van der Waals surface area contributed by atoms with Crippen LogP contribution in [0.25, 0.3) is 11.3 Å². The molecule has 2 heterocycles. The average molecular weight is 349 g/mol. The van der Waals surface area contributed by atoms with Gasteiger partial charge in [-0.2, -0.15) is 0 Å². The standard InChI is InChI=1S/C17H14F3N3O2/c1-25-15(24)12-8-21-14(23-9-17(19,20)16(23)6-7-16)13(22-12)10-2-4-11(18)5-3-10/h2-5,8H,6-7,9H2,1H3. The molecule has 130 valence electrons. The normalized spacial score (nSPS) is 19.4. The fourth-order valence-electron chi connectivity index (χ4n) is 3.22. The van der Waals surface area contributed by atoms with Gasteiger partial charge < -0.3 is 9.64 Å². The quantitative estimate of drug-likeness (QED) is 0.797. The van der Waals surface area contributed by atoms with Crippen LogP contribution in [0.1, 0.15) is 23.3 Å². The first-order chi connectivity index (χ1) is 11.9. The number of rotatable bonds is 3. The van der Waals surface area contributed by atoms with E-state index in [9.17, 15) is 18.0 Å². The molecule has 0 amide bonds. The van der Waals surface area contributed by atoms with Gasteiger partial charge in [-0.05, 0) is 37.1 Å². The van der Waals surface area contributed by atoms with E-state index in [-0.39, 0.29) is 17.2 Å². The summed E-state index contributed by atoms with van der Waals surface area (Å²) in [5.74, 6) is -3.62. The van der Waals surface area contributed by atoms with E-state index in [1.54, 1.807) is 0 Å². The van der Waals surface area contributed by atoms with Crippen molar-refractivity contribution in [3.05, 3.63) is 42.0 Å². The molecule has 1 aromatic carbocycles. The van der Waals surface area contributed by atoms with Crippen LogP contribution in [0.5, 0.6) is 0 Å². The van der Waals surface area contributed by atoms with Gasteiger partial charge in [-0.15, -0.1) is 0 Å². The summed E-state index contributed by atoms with van der Waals surface area (Å²) < 4.78 is 45.8. The molecule has 0 unspecified atom stereocenters. The summed E-state index contributed by atoms with van der Waals surface area (Å²) in [5, 5.41) is 0. The molecule has 1 spiro atoms. The Morgan fingerprint density at radius 3 is 2.48 bits per heavy atom. The van der Waals surface area contributed by atoms with Crippen LogP contribution in [0.15, 0.2) is 30.5 Å². The van der Waals surface area contributed by atoms with Gasteiger partial charge in [-0.25, -0.2) is 27.9 Å². The Hall–Kier alpha value is -2.64. The Kier molecular flexibility index (Phi) is 3.28. The lowest BCUT2D eigenvalue weighted by molar-refractivity contribution is -0.0836. The number of carbonyl (C=O) groups is 1. The van der Waals surface area contributed by atoms with Gasteiger partial charge >= 0.3 is 5.97 Å². The number of anilines is 1. The first-order valence-corrected chi connectivity index (χ1v) is 7.75. The molecule has 0 atom stereocenters. The summed E-state index contributed by atoms with van der Waals surface area (Å²) in [6.45, 7) is -0.451. The van der Waals surface area contributed by atoms with Crippen molar-refractivity contribution in [1.82, 2.24) is 9.97 Å². The molecular weight excluding hydrogens is 335 g/mol. The lowest BCUT2D eigenvalue weighted by Crippen LogP contribution is -2.68. The van der Waals surface area contributed by atoms with Gasteiger partial charge in [0, 0.05) is 5.56 Å². The van der Waals surface area contributed by atoms with Crippen molar-refractivity contribution in [1.29, 1.82) is 0 Å². The predicted molar refractivity (Wildman–Crippen MR) is 83.0 cm³/mol. The van der Waals surface area contributed by atoms with Crippen molar-refractivity contribution in [2.75, 3.05) is 18.6 Å². The first kappa shape index (κ1) is 15.9. The summed E-state index contributed by atoms with van der Waals surface area (Å²) in [5.41, 5.74) is -0.503. The number of methoxy groups -OCH3 is 1. The third kappa shape index (κ3) is 2.27. The highest BCUT2D eigenvalue weighted by Crippen LogP contribution is 2.61. The SMILES string of the molecule is COC(=O)c1cnc(N2CC(F)(F)C23CC3)c(-c2ccc(F)cc2)n1. The van der Waals surface area contributed by atoms with Gasteiger partial charge in [0.15, 0.2) is 11.5 Å². The van der Waals surface area contributed by atoms with Gasteiger partial charge in [-0.1, -0.05) is 0 Å². The molecule has 1 aliphatic carbocycles. The lowest BCUT2D eigenvalue weighted by atomic mass is 9.94. The minimum atomic E-state index is -2.77. The molecule has 1 saturated heterocycles. The third-order valence-electron chi connectivity index (χ3n) is 4.80. The van der Waals surface area contributed by atoms with Gasteiger partial charge in [0.1, 0.15) is 17.1 Å². The van der Waals surface area contributed by atoms with E-state index in [1.807, 2.05) is 0 Å². The summed E-state index contributed by atoms with van der Waals surface area (Å²) in [7, 11) is 1.21. The minimum absolute atomic E-state index is 0.0392. The molecule has 2 aromatic rings. The lowest BCUT2D eigenvalue weighted by Gasteiger charge is -2.49. The maximum atomic E-state index is 13.9. The zero-order valence-corrected chi connectivity index (χ0v) is 13.3. The maximum Gasteiger partial charge on any atom is 0.358 e. The maximum absolute atomic E-state index is 13.9. The Bertz CT molecular complexity index is 851. The highest BCUT2D eigenvalue weighted by molar-refractivity contribution is 5.88. The summed E-state index contributed by atoms with van der Waals surface area (Å²) in [4.78, 5) is 21.7. The minimum Gasteiger partial charge on any atom is -0.464 e. The van der Waals surface area contributed by atoms with E-state index in [1.165, 1.54) is 42.5 Å². The van der Waals surface area contributed by atoms with Crippen molar-refractivity contribution in [2.45, 2.75) is 24.3 Å². The third-order valence-corrected chi connectivity index (χ3v) is 4.80. The van der Waals surface area contributed by atoms with Gasteiger partial charge in [0.05, 0.1) is 19.9 Å². The van der Waals surface area contributed by atoms with Crippen molar-refractivity contribution in [3.63, 3.8) is 0 Å². The van der Waals surface area contributed by atoms with Crippen LogP contribution in [0.2, 0.25) is 0 Å². The van der Waals surface area contributed by atoms with Crippen LogP contribution in [0, 0.1) is 5.82 Å². The van der Waals surface area contributed by atoms with Gasteiger partial charge in [-0.3, -0.25) is 0 Å². The molecule has 0 N–H and O–H groups in total. The van der Waals surface area contributed by atoms with E-state index >= 15 is 0 Å². The number of benzene rings is 1. The first-order valence-electron chi connectivity index (χ1n) is 7.75. The fraction of sp³-hybridized carbons (Fsp3) is 0.353. The van der Waals surface area contributed by atoms with E-state index in [0.717, 1.165) is 0 Å². The monoisotopic (exact) mass is 349 g/mol. The second-order valence-corrected chi connectivity index (χ2v) is 6.25. The topological polar surface area (TPSA) is 55.3 Å².